The van der Waals surface area contributed by atoms with Crippen molar-refractivity contribution in [3.05, 3.63) is 71.6 Å². The first kappa shape index (κ1) is 30.2. The van der Waals surface area contributed by atoms with E-state index in [2.05, 4.69) is 48.1 Å². The average Bonchev–Trinajstić information content (AvgIpc) is 3.88. The molecule has 13 nitrogen and oxygen atoms in total. The Hall–Kier alpha value is -3.92. The van der Waals surface area contributed by atoms with Crippen LogP contribution >= 0.6 is 11.3 Å². The molecule has 1 aliphatic carbocycles. The lowest BCUT2D eigenvalue weighted by molar-refractivity contribution is -0.266. The number of benzene rings is 1. The molecule has 0 bridgehead atoms. The van der Waals surface area contributed by atoms with E-state index in [1.165, 1.54) is 0 Å². The minimum atomic E-state index is -0.451. The maximum atomic E-state index is 13.4. The number of amides is 1. The molecule has 14 heteroatoms. The van der Waals surface area contributed by atoms with Crippen LogP contribution in [0.15, 0.2) is 61.1 Å². The van der Waals surface area contributed by atoms with Crippen molar-refractivity contribution in [3.8, 4) is 16.4 Å². The zero-order chi connectivity index (χ0) is 32.3. The van der Waals surface area contributed by atoms with E-state index < -0.39 is 5.60 Å². The lowest BCUT2D eigenvalue weighted by atomic mass is 9.58. The first-order chi connectivity index (χ1) is 23.5. The van der Waals surface area contributed by atoms with Crippen molar-refractivity contribution in [2.75, 3.05) is 56.8 Å². The number of nitrogens with zero attached hydrogens (tertiary/aromatic N) is 7. The SMILES string of the molecule is CNc1cc(-n2cccc2)ncc1-c1nnc(C2CC3(CCN(C(=O)CN4CC5(C4)ON(C4CCONO4)c4ccccc45)CC3)C2)s1. The number of carbonyl (C=O) groups excluding carboxylic acids is 1. The van der Waals surface area contributed by atoms with Crippen LogP contribution in [0.2, 0.25) is 0 Å². The van der Waals surface area contributed by atoms with Gasteiger partial charge in [0.05, 0.1) is 24.4 Å². The summed E-state index contributed by atoms with van der Waals surface area (Å²) in [5.41, 5.74) is 6.50. The molecular formula is C34H39N9O4S. The molecular weight excluding hydrogens is 631 g/mol. The van der Waals surface area contributed by atoms with Crippen molar-refractivity contribution >= 4 is 28.6 Å². The van der Waals surface area contributed by atoms with Gasteiger partial charge in [0.15, 0.2) is 11.2 Å². The number of likely N-dealkylation sites (tertiary alicyclic amines) is 2. The lowest BCUT2D eigenvalue weighted by Crippen LogP contribution is -2.63. The van der Waals surface area contributed by atoms with Crippen LogP contribution in [0.4, 0.5) is 11.4 Å². The highest BCUT2D eigenvalue weighted by atomic mass is 32.1. The van der Waals surface area contributed by atoms with Crippen LogP contribution in [-0.4, -0.2) is 88.1 Å². The third kappa shape index (κ3) is 5.18. The average molecular weight is 670 g/mol. The standard InChI is InChI=1S/C34H39N9O4S/c1-35-26-16-28(41-11-4-5-12-41)36-19-24(26)32-38-37-31(48-32)23-17-33(18-23)9-13-42(14-10-33)29(44)20-40-21-34(22-40)25-6-2-3-7-27(25)43(47-34)30-8-15-45-39-46-30/h2-7,11-12,16,19,23,30,39H,8-10,13-15,17-18,20-22H2,1H3,(H,35,36). The number of fused-ring (bicyclic) bond motifs is 2. The van der Waals surface area contributed by atoms with Gasteiger partial charge in [0.2, 0.25) is 5.91 Å². The number of piperidine rings is 1. The Morgan fingerprint density at radius 2 is 1.92 bits per heavy atom. The molecule has 4 aliphatic heterocycles. The second kappa shape index (κ2) is 11.9. The molecule has 4 fully saturated rings. The van der Waals surface area contributed by atoms with Crippen molar-refractivity contribution < 1.29 is 19.3 Å². The van der Waals surface area contributed by atoms with E-state index in [-0.39, 0.29) is 12.1 Å². The summed E-state index contributed by atoms with van der Waals surface area (Å²) >= 11 is 1.68. The van der Waals surface area contributed by atoms with E-state index in [0.29, 0.717) is 44.0 Å². The Morgan fingerprint density at radius 1 is 1.10 bits per heavy atom. The molecule has 3 saturated heterocycles. The molecule has 1 unspecified atom stereocenters. The molecule has 9 rings (SSSR count). The minimum Gasteiger partial charge on any atom is -0.387 e. The van der Waals surface area contributed by atoms with Crippen LogP contribution in [-0.2, 0) is 24.9 Å². The third-order valence-corrected chi connectivity index (χ3v) is 11.9. The van der Waals surface area contributed by atoms with Gasteiger partial charge in [-0.3, -0.25) is 19.4 Å². The molecule has 7 heterocycles. The minimum absolute atomic E-state index is 0.209. The summed E-state index contributed by atoms with van der Waals surface area (Å²) < 4.78 is 1.99. The monoisotopic (exact) mass is 669 g/mol. The first-order valence-corrected chi connectivity index (χ1v) is 17.6. The van der Waals surface area contributed by atoms with Gasteiger partial charge in [-0.25, -0.2) is 14.9 Å². The number of rotatable bonds is 7. The number of hydrogen-bond donors (Lipinski definition) is 2. The van der Waals surface area contributed by atoms with Gasteiger partial charge in [0, 0.05) is 81.5 Å². The fraction of sp³-hybridized carbons (Fsp3) is 0.471. The van der Waals surface area contributed by atoms with Crippen LogP contribution in [0.25, 0.3) is 16.4 Å². The number of nitrogens with one attached hydrogen (secondary N) is 2. The van der Waals surface area contributed by atoms with Crippen LogP contribution in [0.1, 0.15) is 48.6 Å². The number of hydroxylamine groups is 1. The van der Waals surface area contributed by atoms with E-state index in [0.717, 1.165) is 77.1 Å². The van der Waals surface area contributed by atoms with Crippen molar-refractivity contribution in [2.24, 2.45) is 5.41 Å². The van der Waals surface area contributed by atoms with E-state index in [4.69, 9.17) is 14.5 Å². The summed E-state index contributed by atoms with van der Waals surface area (Å²) in [4.78, 5) is 39.6. The highest BCUT2D eigenvalue weighted by Crippen LogP contribution is 2.57. The molecule has 2 N–H and O–H groups in total. The van der Waals surface area contributed by atoms with Crippen molar-refractivity contribution in [3.63, 3.8) is 0 Å². The molecule has 1 aromatic carbocycles. The Bertz CT molecular complexity index is 1790. The second-order valence-electron chi connectivity index (χ2n) is 13.7. The number of pyridine rings is 1. The Balaban J connectivity index is 0.773. The van der Waals surface area contributed by atoms with Crippen molar-refractivity contribution in [1.82, 2.24) is 35.2 Å². The number of carbonyl (C=O) groups is 1. The predicted octanol–water partition coefficient (Wildman–Crippen LogP) is 4.06. The summed E-state index contributed by atoms with van der Waals surface area (Å²) in [6.45, 7) is 3.95. The number of anilines is 2. The molecule has 1 atom stereocenters. The molecule has 0 radical (unpaired) electrons. The van der Waals surface area contributed by atoms with E-state index >= 15 is 0 Å². The van der Waals surface area contributed by atoms with E-state index in [1.54, 1.807) is 11.3 Å². The van der Waals surface area contributed by atoms with Gasteiger partial charge in [0.25, 0.3) is 0 Å². The molecule has 3 aromatic heterocycles. The molecule has 5 aliphatic rings. The molecule has 48 heavy (non-hydrogen) atoms. The Kier molecular flexibility index (Phi) is 7.47. The first-order valence-electron chi connectivity index (χ1n) is 16.8. The molecule has 1 saturated carbocycles. The molecule has 2 spiro atoms. The normalized spacial score (nSPS) is 23.2. The zero-order valence-corrected chi connectivity index (χ0v) is 27.7. The molecule has 1 amide bonds. The summed E-state index contributed by atoms with van der Waals surface area (Å²) in [6, 6.07) is 14.3. The smallest absolute Gasteiger partial charge is 0.236 e. The van der Waals surface area contributed by atoms with Gasteiger partial charge in [-0.2, -0.15) is 0 Å². The number of hydrogen-bond acceptors (Lipinski definition) is 12. The second-order valence-corrected chi connectivity index (χ2v) is 14.7. The molecule has 4 aromatic rings. The van der Waals surface area contributed by atoms with E-state index in [1.807, 2.05) is 65.6 Å². The lowest BCUT2D eigenvalue weighted by Gasteiger charge is -2.52. The van der Waals surface area contributed by atoms with E-state index in [9.17, 15) is 4.79 Å². The quantitative estimate of drug-likeness (QED) is 0.296. The van der Waals surface area contributed by atoms with Gasteiger partial charge < -0.3 is 14.8 Å². The number of aromatic nitrogens is 4. The van der Waals surface area contributed by atoms with Crippen molar-refractivity contribution in [1.29, 1.82) is 0 Å². The molecule has 250 valence electrons. The van der Waals surface area contributed by atoms with Crippen LogP contribution in [0.3, 0.4) is 0 Å². The van der Waals surface area contributed by atoms with Gasteiger partial charge in [-0.05, 0) is 49.3 Å². The van der Waals surface area contributed by atoms with Crippen LogP contribution in [0, 0.1) is 5.41 Å². The highest BCUT2D eigenvalue weighted by Gasteiger charge is 2.55. The summed E-state index contributed by atoms with van der Waals surface area (Å²) in [6.07, 6.45) is 10.6. The largest absolute Gasteiger partial charge is 0.387 e. The Labute approximate surface area is 282 Å². The van der Waals surface area contributed by atoms with Crippen LogP contribution in [0.5, 0.6) is 0 Å². The third-order valence-electron chi connectivity index (χ3n) is 10.8. The maximum Gasteiger partial charge on any atom is 0.236 e. The fourth-order valence-corrected chi connectivity index (χ4v) is 9.10. The Morgan fingerprint density at radius 3 is 2.69 bits per heavy atom. The zero-order valence-electron chi connectivity index (χ0n) is 26.9. The summed E-state index contributed by atoms with van der Waals surface area (Å²) in [7, 11) is 1.92. The van der Waals surface area contributed by atoms with Gasteiger partial charge >= 0.3 is 0 Å². The van der Waals surface area contributed by atoms with Crippen LogP contribution < -0.4 is 16.0 Å². The topological polar surface area (TPSA) is 122 Å². The van der Waals surface area contributed by atoms with Gasteiger partial charge in [-0.1, -0.05) is 35.2 Å². The van der Waals surface area contributed by atoms with Crippen molar-refractivity contribution in [2.45, 2.75) is 49.9 Å². The highest BCUT2D eigenvalue weighted by molar-refractivity contribution is 7.14. The van der Waals surface area contributed by atoms with Gasteiger partial charge in [0.1, 0.15) is 16.4 Å². The van der Waals surface area contributed by atoms with Gasteiger partial charge in [-0.15, -0.1) is 10.2 Å². The fourth-order valence-electron chi connectivity index (χ4n) is 8.13. The maximum absolute atomic E-state index is 13.4. The predicted molar refractivity (Wildman–Crippen MR) is 179 cm³/mol. The summed E-state index contributed by atoms with van der Waals surface area (Å²) in [5.74, 6) is 1.50. The summed E-state index contributed by atoms with van der Waals surface area (Å²) in [5, 5.41) is 16.3. The number of para-hydroxylation sites is 1.